The first-order chi connectivity index (χ1) is 10.1. The number of ether oxygens (including phenoxy) is 1. The summed E-state index contributed by atoms with van der Waals surface area (Å²) in [6.45, 7) is 6.26. The second kappa shape index (κ2) is 7.47. The highest BCUT2D eigenvalue weighted by molar-refractivity contribution is 5.74. The van der Waals surface area contributed by atoms with Crippen LogP contribution in [0.2, 0.25) is 0 Å². The van der Waals surface area contributed by atoms with Gasteiger partial charge >= 0.3 is 6.03 Å². The van der Waals surface area contributed by atoms with Gasteiger partial charge in [0.2, 0.25) is 0 Å². The predicted octanol–water partition coefficient (Wildman–Crippen LogP) is 1.77. The van der Waals surface area contributed by atoms with E-state index in [9.17, 15) is 9.90 Å². The summed E-state index contributed by atoms with van der Waals surface area (Å²) in [7, 11) is 0. The van der Waals surface area contributed by atoms with Crippen LogP contribution < -0.4 is 5.32 Å². The SMILES string of the molecule is CC(C)CNC(=O)N1CCOCC1CC(O)c1ccco1. The van der Waals surface area contributed by atoms with Crippen molar-refractivity contribution >= 4 is 6.03 Å². The van der Waals surface area contributed by atoms with Gasteiger partial charge in [0, 0.05) is 19.5 Å². The van der Waals surface area contributed by atoms with Crippen LogP contribution in [0.25, 0.3) is 0 Å². The van der Waals surface area contributed by atoms with Crippen molar-refractivity contribution in [2.24, 2.45) is 5.92 Å². The number of carbonyl (C=O) groups is 1. The molecule has 1 aromatic heterocycles. The molecule has 2 rings (SSSR count). The minimum absolute atomic E-state index is 0.0938. The second-order valence-electron chi connectivity index (χ2n) is 5.77. The maximum atomic E-state index is 12.2. The third-order valence-corrected chi connectivity index (χ3v) is 3.52. The minimum Gasteiger partial charge on any atom is -0.467 e. The van der Waals surface area contributed by atoms with Crippen LogP contribution in [0.4, 0.5) is 4.79 Å². The summed E-state index contributed by atoms with van der Waals surface area (Å²) in [4.78, 5) is 14.0. The lowest BCUT2D eigenvalue weighted by molar-refractivity contribution is -0.00976. The van der Waals surface area contributed by atoms with Crippen LogP contribution in [-0.4, -0.2) is 48.4 Å². The number of urea groups is 1. The quantitative estimate of drug-likeness (QED) is 0.868. The lowest BCUT2D eigenvalue weighted by Gasteiger charge is -2.36. The third kappa shape index (κ3) is 4.47. The van der Waals surface area contributed by atoms with Gasteiger partial charge in [0.15, 0.2) is 0 Å². The molecule has 6 heteroatoms. The Balaban J connectivity index is 1.93. The summed E-state index contributed by atoms with van der Waals surface area (Å²) in [5, 5.41) is 13.1. The van der Waals surface area contributed by atoms with Crippen LogP contribution in [0.3, 0.4) is 0 Å². The first-order valence-corrected chi connectivity index (χ1v) is 7.41. The topological polar surface area (TPSA) is 74.9 Å². The Morgan fingerprint density at radius 1 is 1.57 bits per heavy atom. The van der Waals surface area contributed by atoms with Crippen molar-refractivity contribution in [3.63, 3.8) is 0 Å². The highest BCUT2D eigenvalue weighted by Gasteiger charge is 2.30. The van der Waals surface area contributed by atoms with Crippen molar-refractivity contribution < 1.29 is 19.1 Å². The highest BCUT2D eigenvalue weighted by atomic mass is 16.5. The number of aliphatic hydroxyl groups excluding tert-OH is 1. The number of nitrogens with one attached hydrogen (secondary N) is 1. The van der Waals surface area contributed by atoms with Gasteiger partial charge in [-0.3, -0.25) is 0 Å². The molecule has 1 aliphatic rings. The number of hydrogen-bond acceptors (Lipinski definition) is 4. The zero-order chi connectivity index (χ0) is 15.2. The van der Waals surface area contributed by atoms with Gasteiger partial charge in [-0.25, -0.2) is 4.79 Å². The van der Waals surface area contributed by atoms with E-state index in [1.165, 1.54) is 6.26 Å². The Bertz CT molecular complexity index is 433. The maximum Gasteiger partial charge on any atom is 0.317 e. The zero-order valence-corrected chi connectivity index (χ0v) is 12.6. The molecule has 0 aromatic carbocycles. The molecule has 2 heterocycles. The summed E-state index contributed by atoms with van der Waals surface area (Å²) in [5.41, 5.74) is 0. The van der Waals surface area contributed by atoms with Gasteiger partial charge in [-0.05, 0) is 18.1 Å². The molecular weight excluding hydrogens is 272 g/mol. The smallest absolute Gasteiger partial charge is 0.317 e. The van der Waals surface area contributed by atoms with Crippen LogP contribution in [-0.2, 0) is 4.74 Å². The van der Waals surface area contributed by atoms with Crippen molar-refractivity contribution in [2.45, 2.75) is 32.4 Å². The molecule has 2 unspecified atom stereocenters. The molecule has 2 N–H and O–H groups in total. The molecule has 2 atom stereocenters. The fourth-order valence-electron chi connectivity index (χ4n) is 2.37. The predicted molar refractivity (Wildman–Crippen MR) is 77.8 cm³/mol. The van der Waals surface area contributed by atoms with Crippen molar-refractivity contribution in [2.75, 3.05) is 26.3 Å². The fraction of sp³-hybridized carbons (Fsp3) is 0.667. The Labute approximate surface area is 125 Å². The first kappa shape index (κ1) is 15.9. The summed E-state index contributed by atoms with van der Waals surface area (Å²) >= 11 is 0. The Kier molecular flexibility index (Phi) is 5.64. The number of morpholine rings is 1. The molecule has 1 aliphatic heterocycles. The minimum atomic E-state index is -0.730. The average molecular weight is 296 g/mol. The number of rotatable bonds is 5. The number of furan rings is 1. The summed E-state index contributed by atoms with van der Waals surface area (Å²) in [6.07, 6.45) is 1.21. The summed E-state index contributed by atoms with van der Waals surface area (Å²) in [6, 6.07) is 3.23. The monoisotopic (exact) mass is 296 g/mol. The van der Waals surface area contributed by atoms with E-state index in [2.05, 4.69) is 19.2 Å². The maximum absolute atomic E-state index is 12.2. The van der Waals surface area contributed by atoms with Crippen LogP contribution in [0.15, 0.2) is 22.8 Å². The molecule has 0 bridgehead atoms. The first-order valence-electron chi connectivity index (χ1n) is 7.41. The molecule has 118 valence electrons. The summed E-state index contributed by atoms with van der Waals surface area (Å²) in [5.74, 6) is 0.922. The fourth-order valence-corrected chi connectivity index (χ4v) is 2.37. The molecule has 1 saturated heterocycles. The van der Waals surface area contributed by atoms with E-state index in [-0.39, 0.29) is 12.1 Å². The standard InChI is InChI=1S/C15H24N2O4/c1-11(2)9-16-15(19)17-5-7-20-10-12(17)8-13(18)14-4-3-6-21-14/h3-4,6,11-13,18H,5,7-10H2,1-2H3,(H,16,19). The molecule has 1 fully saturated rings. The van der Waals surface area contributed by atoms with Gasteiger partial charge in [0.25, 0.3) is 0 Å². The third-order valence-electron chi connectivity index (χ3n) is 3.52. The van der Waals surface area contributed by atoms with Crippen molar-refractivity contribution in [1.82, 2.24) is 10.2 Å². The number of amides is 2. The Morgan fingerprint density at radius 2 is 2.38 bits per heavy atom. The van der Waals surface area contributed by atoms with Gasteiger partial charge in [-0.15, -0.1) is 0 Å². The van der Waals surface area contributed by atoms with E-state index in [1.807, 2.05) is 0 Å². The number of nitrogens with zero attached hydrogens (tertiary/aromatic N) is 1. The van der Waals surface area contributed by atoms with Crippen molar-refractivity contribution in [3.8, 4) is 0 Å². The van der Waals surface area contributed by atoms with E-state index >= 15 is 0 Å². The normalized spacial score (nSPS) is 20.6. The number of aliphatic hydroxyl groups is 1. The van der Waals surface area contributed by atoms with Gasteiger partial charge < -0.3 is 24.5 Å². The molecule has 0 spiro atoms. The lowest BCUT2D eigenvalue weighted by Crippen LogP contribution is -2.53. The average Bonchev–Trinajstić information content (AvgIpc) is 2.99. The molecular formula is C15H24N2O4. The molecule has 21 heavy (non-hydrogen) atoms. The Hall–Kier alpha value is -1.53. The number of carbonyl (C=O) groups excluding carboxylic acids is 1. The van der Waals surface area contributed by atoms with E-state index in [0.29, 0.717) is 44.4 Å². The molecule has 6 nitrogen and oxygen atoms in total. The van der Waals surface area contributed by atoms with Crippen LogP contribution in [0.1, 0.15) is 32.1 Å². The second-order valence-corrected chi connectivity index (χ2v) is 5.77. The van der Waals surface area contributed by atoms with Crippen LogP contribution >= 0.6 is 0 Å². The van der Waals surface area contributed by atoms with Gasteiger partial charge in [0.05, 0.1) is 25.5 Å². The molecule has 0 saturated carbocycles. The highest BCUT2D eigenvalue weighted by Crippen LogP contribution is 2.23. The number of hydrogen-bond donors (Lipinski definition) is 2. The van der Waals surface area contributed by atoms with Gasteiger partial charge in [0.1, 0.15) is 11.9 Å². The van der Waals surface area contributed by atoms with Crippen molar-refractivity contribution in [3.05, 3.63) is 24.2 Å². The van der Waals surface area contributed by atoms with Crippen molar-refractivity contribution in [1.29, 1.82) is 0 Å². The zero-order valence-electron chi connectivity index (χ0n) is 12.6. The molecule has 0 radical (unpaired) electrons. The van der Waals surface area contributed by atoms with E-state index in [0.717, 1.165) is 0 Å². The van der Waals surface area contributed by atoms with E-state index < -0.39 is 6.10 Å². The summed E-state index contributed by atoms with van der Waals surface area (Å²) < 4.78 is 10.6. The Morgan fingerprint density at radius 3 is 3.05 bits per heavy atom. The van der Waals surface area contributed by atoms with Gasteiger partial charge in [-0.2, -0.15) is 0 Å². The van der Waals surface area contributed by atoms with Crippen LogP contribution in [0, 0.1) is 5.92 Å². The largest absolute Gasteiger partial charge is 0.467 e. The van der Waals surface area contributed by atoms with E-state index in [4.69, 9.17) is 9.15 Å². The van der Waals surface area contributed by atoms with Gasteiger partial charge in [-0.1, -0.05) is 13.8 Å². The van der Waals surface area contributed by atoms with E-state index in [1.54, 1.807) is 17.0 Å². The molecule has 0 aliphatic carbocycles. The molecule has 2 amide bonds. The van der Waals surface area contributed by atoms with Crippen LogP contribution in [0.5, 0.6) is 0 Å². The molecule has 1 aromatic rings. The lowest BCUT2D eigenvalue weighted by atomic mass is 10.1.